The van der Waals surface area contributed by atoms with Crippen LogP contribution in [0.1, 0.15) is 24.2 Å². The van der Waals surface area contributed by atoms with Crippen molar-refractivity contribution >= 4 is 0 Å². The number of hydrogen-bond acceptors (Lipinski definition) is 4. The summed E-state index contributed by atoms with van der Waals surface area (Å²) in [6.07, 6.45) is 0.525. The van der Waals surface area contributed by atoms with E-state index in [1.807, 2.05) is 26.1 Å². The van der Waals surface area contributed by atoms with Crippen LogP contribution in [0.4, 0.5) is 0 Å². The van der Waals surface area contributed by atoms with Crippen LogP contribution in [0.15, 0.2) is 12.1 Å². The predicted molar refractivity (Wildman–Crippen MR) is 65.7 cm³/mol. The molecule has 2 atom stereocenters. The Labute approximate surface area is 102 Å². The number of hydrogen-bond donors (Lipinski definition) is 2. The fraction of sp³-hybridized carbons (Fsp3) is 0.538. The molecule has 4 nitrogen and oxygen atoms in total. The molecule has 0 saturated carbocycles. The van der Waals surface area contributed by atoms with Gasteiger partial charge in [-0.15, -0.1) is 0 Å². The van der Waals surface area contributed by atoms with Crippen LogP contribution in [0.5, 0.6) is 11.5 Å². The molecule has 0 spiro atoms. The van der Waals surface area contributed by atoms with Gasteiger partial charge in [-0.3, -0.25) is 0 Å². The first-order chi connectivity index (χ1) is 8.15. The van der Waals surface area contributed by atoms with Gasteiger partial charge in [0.1, 0.15) is 6.10 Å². The number of rotatable bonds is 4. The van der Waals surface area contributed by atoms with Crippen LogP contribution in [-0.4, -0.2) is 31.9 Å². The van der Waals surface area contributed by atoms with Crippen molar-refractivity contribution in [3.8, 4) is 11.5 Å². The number of likely N-dealkylation sites (N-methyl/N-ethyl adjacent to an activating group) is 1. The lowest BCUT2D eigenvalue weighted by atomic mass is 10.0. The summed E-state index contributed by atoms with van der Waals surface area (Å²) in [6.45, 7) is 2.56. The van der Waals surface area contributed by atoms with Crippen molar-refractivity contribution in [3.05, 3.63) is 23.3 Å². The Balaban J connectivity index is 2.35. The van der Waals surface area contributed by atoms with Gasteiger partial charge in [0, 0.05) is 18.5 Å². The van der Waals surface area contributed by atoms with Gasteiger partial charge >= 0.3 is 0 Å². The lowest BCUT2D eigenvalue weighted by Crippen LogP contribution is -2.16. The second-order valence-electron chi connectivity index (χ2n) is 4.42. The largest absolute Gasteiger partial charge is 0.493 e. The van der Waals surface area contributed by atoms with Gasteiger partial charge in [-0.05, 0) is 31.7 Å². The first-order valence-electron chi connectivity index (χ1n) is 5.85. The third kappa shape index (κ3) is 2.37. The lowest BCUT2D eigenvalue weighted by molar-refractivity contribution is 0.177. The summed E-state index contributed by atoms with van der Waals surface area (Å²) in [6, 6.07) is 3.85. The Bertz CT molecular complexity index is 406. The highest BCUT2D eigenvalue weighted by Crippen LogP contribution is 2.40. The third-order valence-corrected chi connectivity index (χ3v) is 2.98. The number of benzene rings is 1. The molecule has 1 aromatic rings. The minimum absolute atomic E-state index is 0.176. The fourth-order valence-corrected chi connectivity index (χ4v) is 2.18. The van der Waals surface area contributed by atoms with E-state index in [0.717, 1.165) is 23.3 Å². The van der Waals surface area contributed by atoms with E-state index in [4.69, 9.17) is 9.47 Å². The maximum absolute atomic E-state index is 9.98. The summed E-state index contributed by atoms with van der Waals surface area (Å²) in [5, 5.41) is 12.9. The molecule has 0 bridgehead atoms. The van der Waals surface area contributed by atoms with E-state index >= 15 is 0 Å². The molecule has 0 amide bonds. The summed E-state index contributed by atoms with van der Waals surface area (Å²) in [4.78, 5) is 0. The zero-order chi connectivity index (χ0) is 12.4. The summed E-state index contributed by atoms with van der Waals surface area (Å²) in [5.74, 6) is 1.53. The minimum atomic E-state index is -0.518. The van der Waals surface area contributed by atoms with E-state index in [0.29, 0.717) is 12.3 Å². The van der Waals surface area contributed by atoms with Crippen LogP contribution in [0, 0.1) is 0 Å². The summed E-state index contributed by atoms with van der Waals surface area (Å²) in [7, 11) is 3.44. The molecule has 4 heteroatoms. The van der Waals surface area contributed by atoms with Gasteiger partial charge in [-0.1, -0.05) is 0 Å². The Morgan fingerprint density at radius 3 is 3.00 bits per heavy atom. The van der Waals surface area contributed by atoms with Gasteiger partial charge in [-0.2, -0.15) is 0 Å². The third-order valence-electron chi connectivity index (χ3n) is 2.98. The number of nitrogens with one attached hydrogen (secondary N) is 1. The van der Waals surface area contributed by atoms with Gasteiger partial charge in [0.15, 0.2) is 11.5 Å². The Morgan fingerprint density at radius 1 is 1.59 bits per heavy atom. The highest BCUT2D eigenvalue weighted by molar-refractivity contribution is 5.52. The Hall–Kier alpha value is -1.26. The van der Waals surface area contributed by atoms with Crippen LogP contribution in [0.2, 0.25) is 0 Å². The quantitative estimate of drug-likeness (QED) is 0.828. The summed E-state index contributed by atoms with van der Waals surface area (Å²) >= 11 is 0. The summed E-state index contributed by atoms with van der Waals surface area (Å²) < 4.78 is 11.0. The lowest BCUT2D eigenvalue weighted by Gasteiger charge is -2.14. The van der Waals surface area contributed by atoms with Crippen molar-refractivity contribution in [1.82, 2.24) is 5.32 Å². The topological polar surface area (TPSA) is 50.7 Å². The van der Waals surface area contributed by atoms with Crippen LogP contribution < -0.4 is 14.8 Å². The van der Waals surface area contributed by atoms with Gasteiger partial charge < -0.3 is 19.9 Å². The van der Waals surface area contributed by atoms with Crippen molar-refractivity contribution < 1.29 is 14.6 Å². The van der Waals surface area contributed by atoms with Gasteiger partial charge in [0.2, 0.25) is 0 Å². The average molecular weight is 237 g/mol. The van der Waals surface area contributed by atoms with Crippen molar-refractivity contribution in [3.63, 3.8) is 0 Å². The molecule has 1 heterocycles. The molecule has 94 valence electrons. The molecule has 1 aliphatic heterocycles. The van der Waals surface area contributed by atoms with Crippen LogP contribution in [0.25, 0.3) is 0 Å². The maximum atomic E-state index is 9.98. The van der Waals surface area contributed by atoms with Crippen molar-refractivity contribution in [2.75, 3.05) is 20.7 Å². The molecule has 2 N–H and O–H groups in total. The normalized spacial score (nSPS) is 19.6. The molecule has 0 radical (unpaired) electrons. The molecule has 2 rings (SSSR count). The molecular formula is C13H19NO3. The number of aliphatic hydroxyl groups is 1. The molecule has 0 aliphatic carbocycles. The van der Waals surface area contributed by atoms with Crippen molar-refractivity contribution in [1.29, 1.82) is 0 Å². The monoisotopic (exact) mass is 237 g/mol. The van der Waals surface area contributed by atoms with Crippen LogP contribution >= 0.6 is 0 Å². The summed E-state index contributed by atoms with van der Waals surface area (Å²) in [5.41, 5.74) is 1.98. The van der Waals surface area contributed by atoms with Crippen LogP contribution in [-0.2, 0) is 6.42 Å². The molecule has 0 aromatic heterocycles. The van der Waals surface area contributed by atoms with E-state index in [-0.39, 0.29) is 6.10 Å². The van der Waals surface area contributed by atoms with Gasteiger partial charge in [0.25, 0.3) is 0 Å². The number of aliphatic hydroxyl groups excluding tert-OH is 1. The molecule has 0 fully saturated rings. The molecule has 17 heavy (non-hydrogen) atoms. The Kier molecular flexibility index (Phi) is 3.54. The first kappa shape index (κ1) is 12.2. The van der Waals surface area contributed by atoms with E-state index < -0.39 is 6.10 Å². The smallest absolute Gasteiger partial charge is 0.164 e. The molecule has 2 unspecified atom stereocenters. The van der Waals surface area contributed by atoms with Crippen molar-refractivity contribution in [2.24, 2.45) is 0 Å². The molecular weight excluding hydrogens is 218 g/mol. The number of methoxy groups -OCH3 is 1. The predicted octanol–water partition coefficient (Wildman–Crippen LogP) is 1.27. The van der Waals surface area contributed by atoms with E-state index in [1.165, 1.54) is 0 Å². The fourth-order valence-electron chi connectivity index (χ4n) is 2.18. The standard InChI is InChI=1S/C13H19NO3/c1-8-4-10-5-9(11(15)7-14-2)6-12(16-3)13(10)17-8/h5-6,8,11,14-15H,4,7H2,1-3H3. The Morgan fingerprint density at radius 2 is 2.35 bits per heavy atom. The highest BCUT2D eigenvalue weighted by Gasteiger charge is 2.25. The number of ether oxygens (including phenoxy) is 2. The van der Waals surface area contributed by atoms with Gasteiger partial charge in [0.05, 0.1) is 13.2 Å². The number of fused-ring (bicyclic) bond motifs is 1. The van der Waals surface area contributed by atoms with E-state index in [1.54, 1.807) is 7.11 Å². The molecule has 1 aliphatic rings. The van der Waals surface area contributed by atoms with Crippen LogP contribution in [0.3, 0.4) is 0 Å². The van der Waals surface area contributed by atoms with Crippen molar-refractivity contribution in [2.45, 2.75) is 25.6 Å². The zero-order valence-electron chi connectivity index (χ0n) is 10.5. The van der Waals surface area contributed by atoms with Gasteiger partial charge in [-0.25, -0.2) is 0 Å². The second kappa shape index (κ2) is 4.94. The molecule has 1 aromatic carbocycles. The second-order valence-corrected chi connectivity index (χ2v) is 4.42. The van der Waals surface area contributed by atoms with E-state index in [2.05, 4.69) is 5.32 Å². The van der Waals surface area contributed by atoms with E-state index in [9.17, 15) is 5.11 Å². The maximum Gasteiger partial charge on any atom is 0.164 e. The highest BCUT2D eigenvalue weighted by atomic mass is 16.5. The SMILES string of the molecule is CNCC(O)c1cc2c(c(OC)c1)OC(C)C2. The first-order valence-corrected chi connectivity index (χ1v) is 5.85. The minimum Gasteiger partial charge on any atom is -0.493 e. The zero-order valence-corrected chi connectivity index (χ0v) is 10.5. The average Bonchev–Trinajstić information content (AvgIpc) is 2.68. The molecule has 0 saturated heterocycles.